The lowest BCUT2D eigenvalue weighted by atomic mass is 9.55. The second kappa shape index (κ2) is 18.5. The number of hydrogen-bond acceptors (Lipinski definition) is 6. The molecular weight excluding hydrogens is 771 g/mol. The summed E-state index contributed by atoms with van der Waals surface area (Å²) in [6, 6.07) is 42.8. The summed E-state index contributed by atoms with van der Waals surface area (Å²) < 4.78 is 39.6. The number of hydrogen-bond donors (Lipinski definition) is 2. The lowest BCUT2D eigenvalue weighted by Crippen LogP contribution is -2.64. The molecule has 6 aromatic rings. The third-order valence-corrected chi connectivity index (χ3v) is 10.4. The SMILES string of the molecule is O=C(O)[C@H]1[C@H](C(=O)N(Cc2ccc(F)cc2)Cc2ccc(Oc3ccccc3)cc2)[C@H](C(=O)O)[C@H]1C(=O)N(Cc1ccc(F)cc1)Cc1ccc(Oc2ccccc2)cc1. The van der Waals surface area contributed by atoms with E-state index in [2.05, 4.69) is 0 Å². The van der Waals surface area contributed by atoms with E-state index in [1.807, 2.05) is 36.4 Å². The lowest BCUT2D eigenvalue weighted by molar-refractivity contribution is -0.188. The summed E-state index contributed by atoms with van der Waals surface area (Å²) >= 11 is 0. The van der Waals surface area contributed by atoms with E-state index < -0.39 is 59.1 Å². The molecule has 1 aliphatic rings. The Hall–Kier alpha value is -7.34. The van der Waals surface area contributed by atoms with Crippen molar-refractivity contribution in [3.8, 4) is 23.0 Å². The van der Waals surface area contributed by atoms with Crippen molar-refractivity contribution >= 4 is 23.8 Å². The first-order valence-corrected chi connectivity index (χ1v) is 19.2. The molecule has 0 bridgehead atoms. The second-order valence-corrected chi connectivity index (χ2v) is 14.5. The number of carbonyl (C=O) groups excluding carboxylic acids is 2. The van der Waals surface area contributed by atoms with E-state index in [0.29, 0.717) is 45.3 Å². The van der Waals surface area contributed by atoms with E-state index in [1.165, 1.54) is 58.3 Å². The molecule has 304 valence electrons. The highest BCUT2D eigenvalue weighted by molar-refractivity contribution is 5.99. The number of halogens is 2. The van der Waals surface area contributed by atoms with Crippen LogP contribution in [0.25, 0.3) is 0 Å². The van der Waals surface area contributed by atoms with E-state index in [1.54, 1.807) is 72.8 Å². The molecule has 6 aromatic carbocycles. The Morgan fingerprint density at radius 3 is 0.950 bits per heavy atom. The van der Waals surface area contributed by atoms with Gasteiger partial charge in [-0.15, -0.1) is 0 Å². The van der Waals surface area contributed by atoms with Gasteiger partial charge in [0.15, 0.2) is 0 Å². The molecule has 0 spiro atoms. The van der Waals surface area contributed by atoms with Crippen molar-refractivity contribution in [2.24, 2.45) is 23.7 Å². The molecule has 0 aromatic heterocycles. The van der Waals surface area contributed by atoms with Crippen LogP contribution in [0.1, 0.15) is 22.3 Å². The Kier molecular flexibility index (Phi) is 12.6. The van der Waals surface area contributed by atoms with Gasteiger partial charge in [0.1, 0.15) is 34.6 Å². The highest BCUT2D eigenvalue weighted by Crippen LogP contribution is 2.49. The summed E-state index contributed by atoms with van der Waals surface area (Å²) in [5.41, 5.74) is 2.29. The molecule has 0 saturated heterocycles. The van der Waals surface area contributed by atoms with Gasteiger partial charge in [0.2, 0.25) is 11.8 Å². The van der Waals surface area contributed by atoms with Crippen LogP contribution >= 0.6 is 0 Å². The number of aliphatic carboxylic acids is 2. The smallest absolute Gasteiger partial charge is 0.308 e. The Morgan fingerprint density at radius 2 is 0.667 bits per heavy atom. The maximum absolute atomic E-state index is 14.6. The van der Waals surface area contributed by atoms with Gasteiger partial charge in [-0.3, -0.25) is 19.2 Å². The first-order chi connectivity index (χ1) is 29.0. The van der Waals surface area contributed by atoms with Crippen molar-refractivity contribution in [2.75, 3.05) is 0 Å². The normalized spacial score (nSPS) is 16.8. The molecular formula is C48H40F2N2O8. The molecule has 2 amide bonds. The fourth-order valence-electron chi connectivity index (χ4n) is 7.46. The number of para-hydroxylation sites is 2. The first-order valence-electron chi connectivity index (χ1n) is 19.2. The number of rotatable bonds is 16. The zero-order valence-electron chi connectivity index (χ0n) is 32.1. The highest BCUT2D eigenvalue weighted by atomic mass is 19.1. The number of carboxylic acid groups (broad SMARTS) is 2. The van der Waals surface area contributed by atoms with E-state index in [9.17, 15) is 38.2 Å². The molecule has 1 fully saturated rings. The maximum atomic E-state index is 14.6. The molecule has 60 heavy (non-hydrogen) atoms. The van der Waals surface area contributed by atoms with Crippen molar-refractivity contribution < 1.29 is 47.6 Å². The van der Waals surface area contributed by atoms with Gasteiger partial charge in [-0.05, 0) is 95.1 Å². The van der Waals surface area contributed by atoms with Crippen molar-refractivity contribution in [2.45, 2.75) is 26.2 Å². The van der Waals surface area contributed by atoms with Crippen molar-refractivity contribution in [3.05, 3.63) is 192 Å². The standard InChI is InChI=1S/C48H40F2N2O8/c49-35-19-11-31(12-20-35)27-51(29-33-15-23-39(24-16-33)59-37-7-3-1-4-8-37)45(53)41-43(47(55)56)42(44(41)48(57)58)46(54)52(28-32-13-21-36(50)22-14-32)30-34-17-25-40(26-18-34)60-38-9-5-2-6-10-38/h1-26,41-44H,27-30H2,(H,55,56)(H,57,58)/t41-,42-,43-,44-. The van der Waals surface area contributed by atoms with Crippen LogP contribution < -0.4 is 9.47 Å². The minimum absolute atomic E-state index is 0.0592. The zero-order valence-corrected chi connectivity index (χ0v) is 32.1. The van der Waals surface area contributed by atoms with Gasteiger partial charge in [0, 0.05) is 26.2 Å². The number of amides is 2. The minimum Gasteiger partial charge on any atom is -0.481 e. The summed E-state index contributed by atoms with van der Waals surface area (Å²) in [6.07, 6.45) is 0. The van der Waals surface area contributed by atoms with Crippen LogP contribution in [0, 0.1) is 35.3 Å². The summed E-state index contributed by atoms with van der Waals surface area (Å²) in [4.78, 5) is 57.9. The molecule has 7 rings (SSSR count). The average Bonchev–Trinajstić information content (AvgIpc) is 3.23. The number of benzene rings is 6. The number of carboxylic acids is 2. The number of nitrogens with zero attached hydrogens (tertiary/aromatic N) is 2. The Morgan fingerprint density at radius 1 is 0.400 bits per heavy atom. The molecule has 0 heterocycles. The summed E-state index contributed by atoms with van der Waals surface area (Å²) in [6.45, 7) is -0.321. The topological polar surface area (TPSA) is 134 Å². The summed E-state index contributed by atoms with van der Waals surface area (Å²) in [5.74, 6) is -9.89. The van der Waals surface area contributed by atoms with E-state index in [-0.39, 0.29) is 26.2 Å². The predicted molar refractivity (Wildman–Crippen MR) is 216 cm³/mol. The summed E-state index contributed by atoms with van der Waals surface area (Å²) in [5, 5.41) is 21.2. The fourth-order valence-corrected chi connectivity index (χ4v) is 7.46. The molecule has 0 radical (unpaired) electrons. The number of ether oxygens (including phenoxy) is 2. The molecule has 1 aliphatic carbocycles. The molecule has 1 saturated carbocycles. The quantitative estimate of drug-likeness (QED) is 0.0991. The number of carbonyl (C=O) groups is 4. The van der Waals surface area contributed by atoms with Crippen LogP contribution in [-0.2, 0) is 45.4 Å². The zero-order chi connectivity index (χ0) is 42.2. The van der Waals surface area contributed by atoms with Gasteiger partial charge in [-0.25, -0.2) is 8.78 Å². The minimum atomic E-state index is -1.69. The van der Waals surface area contributed by atoms with Gasteiger partial charge in [-0.1, -0.05) is 84.9 Å². The van der Waals surface area contributed by atoms with E-state index in [0.717, 1.165) is 0 Å². The van der Waals surface area contributed by atoms with Gasteiger partial charge >= 0.3 is 11.9 Å². The highest BCUT2D eigenvalue weighted by Gasteiger charge is 2.65. The summed E-state index contributed by atoms with van der Waals surface area (Å²) in [7, 11) is 0. The van der Waals surface area contributed by atoms with Crippen molar-refractivity contribution in [1.82, 2.24) is 9.80 Å². The Balaban J connectivity index is 1.16. The lowest BCUT2D eigenvalue weighted by Gasteiger charge is -2.48. The van der Waals surface area contributed by atoms with Crippen molar-refractivity contribution in [1.29, 1.82) is 0 Å². The molecule has 12 heteroatoms. The van der Waals surface area contributed by atoms with Gasteiger partial charge in [0.05, 0.1) is 23.7 Å². The molecule has 0 unspecified atom stereocenters. The van der Waals surface area contributed by atoms with Crippen LogP contribution in [0.15, 0.2) is 158 Å². The van der Waals surface area contributed by atoms with Crippen LogP contribution in [0.4, 0.5) is 8.78 Å². The van der Waals surface area contributed by atoms with Crippen molar-refractivity contribution in [3.63, 3.8) is 0 Å². The molecule has 2 N–H and O–H groups in total. The fraction of sp³-hybridized carbons (Fsp3) is 0.167. The third-order valence-electron chi connectivity index (χ3n) is 10.4. The molecule has 10 nitrogen and oxygen atoms in total. The van der Waals surface area contributed by atoms with Gasteiger partial charge < -0.3 is 29.5 Å². The van der Waals surface area contributed by atoms with Gasteiger partial charge in [-0.2, -0.15) is 0 Å². The van der Waals surface area contributed by atoms with E-state index in [4.69, 9.17) is 9.47 Å². The van der Waals surface area contributed by atoms with Crippen LogP contribution in [-0.4, -0.2) is 43.8 Å². The second-order valence-electron chi connectivity index (χ2n) is 14.5. The Bertz CT molecular complexity index is 2230. The maximum Gasteiger partial charge on any atom is 0.308 e. The monoisotopic (exact) mass is 810 g/mol. The van der Waals surface area contributed by atoms with Gasteiger partial charge in [0.25, 0.3) is 0 Å². The molecule has 0 aliphatic heterocycles. The first kappa shape index (κ1) is 40.8. The largest absolute Gasteiger partial charge is 0.481 e. The van der Waals surface area contributed by atoms with Crippen LogP contribution in [0.5, 0.6) is 23.0 Å². The molecule has 0 atom stereocenters. The third kappa shape index (κ3) is 9.84. The predicted octanol–water partition coefficient (Wildman–Crippen LogP) is 8.95. The van der Waals surface area contributed by atoms with Crippen LogP contribution in [0.3, 0.4) is 0 Å². The Labute approximate surface area is 344 Å². The van der Waals surface area contributed by atoms with Crippen LogP contribution in [0.2, 0.25) is 0 Å². The van der Waals surface area contributed by atoms with E-state index >= 15 is 0 Å². The average molecular weight is 811 g/mol.